The summed E-state index contributed by atoms with van der Waals surface area (Å²) in [5.74, 6) is 2.47. The van der Waals surface area contributed by atoms with E-state index < -0.39 is 0 Å². The molecule has 1 aliphatic heterocycles. The lowest BCUT2D eigenvalue weighted by molar-refractivity contribution is -0.143. The predicted molar refractivity (Wildman–Crippen MR) is 130 cm³/mol. The molecule has 4 heteroatoms. The largest absolute Gasteiger partial charge is 0.351 e. The van der Waals surface area contributed by atoms with Crippen LogP contribution in [-0.2, 0) is 9.59 Å². The van der Waals surface area contributed by atoms with Crippen LogP contribution >= 0.6 is 0 Å². The fourth-order valence-electron chi connectivity index (χ4n) is 8.96. The summed E-state index contributed by atoms with van der Waals surface area (Å²) in [5.41, 5.74) is 0.179. The normalized spacial score (nSPS) is 41.7. The Labute approximate surface area is 196 Å². The third-order valence-electron chi connectivity index (χ3n) is 9.88. The molecule has 3 saturated carbocycles. The van der Waals surface area contributed by atoms with Gasteiger partial charge < -0.3 is 10.2 Å². The molecule has 1 heterocycles. The molecule has 0 bridgehead atoms. The lowest BCUT2D eigenvalue weighted by atomic mass is 9.47. The van der Waals surface area contributed by atoms with Crippen molar-refractivity contribution < 1.29 is 9.59 Å². The van der Waals surface area contributed by atoms with E-state index in [1.807, 2.05) is 18.0 Å². The van der Waals surface area contributed by atoms with Gasteiger partial charge in [0.2, 0.25) is 11.8 Å². The maximum atomic E-state index is 13.6. The highest BCUT2D eigenvalue weighted by Gasteiger charge is 2.61. The van der Waals surface area contributed by atoms with Crippen molar-refractivity contribution in [3.05, 3.63) is 12.2 Å². The number of amides is 2. The zero-order chi connectivity index (χ0) is 23.7. The Balaban J connectivity index is 1.53. The van der Waals surface area contributed by atoms with Gasteiger partial charge in [0, 0.05) is 30.0 Å². The van der Waals surface area contributed by atoms with E-state index in [1.165, 1.54) is 19.3 Å². The zero-order valence-corrected chi connectivity index (χ0v) is 21.8. The molecule has 0 saturated heterocycles. The summed E-state index contributed by atoms with van der Waals surface area (Å²) in [7, 11) is 1.98. The molecule has 2 amide bonds. The number of nitrogens with one attached hydrogen (secondary N) is 1. The first-order valence-corrected chi connectivity index (χ1v) is 13.0. The van der Waals surface area contributed by atoms with Crippen LogP contribution in [0.2, 0.25) is 0 Å². The SMILES string of the molecule is CN1C(=O)C=C[C@@]2(C)C1CC[C@@H]1[C@H]2CC[C@]2(C)C(C(=O)NC(C)(C)CC(C)(C)C)CC[C@@H]12. The van der Waals surface area contributed by atoms with Crippen molar-refractivity contribution in [2.75, 3.05) is 7.05 Å². The Hall–Kier alpha value is -1.32. The van der Waals surface area contributed by atoms with Crippen LogP contribution in [0, 0.1) is 39.9 Å². The monoisotopic (exact) mass is 442 g/mol. The quantitative estimate of drug-likeness (QED) is 0.621. The zero-order valence-electron chi connectivity index (χ0n) is 21.8. The molecule has 7 atom stereocenters. The van der Waals surface area contributed by atoms with Gasteiger partial charge in [0.25, 0.3) is 0 Å². The summed E-state index contributed by atoms with van der Waals surface area (Å²) in [4.78, 5) is 27.9. The summed E-state index contributed by atoms with van der Waals surface area (Å²) >= 11 is 0. The number of fused-ring (bicyclic) bond motifs is 5. The number of likely N-dealkylation sites (N-methyl/N-ethyl adjacent to an activating group) is 1. The second kappa shape index (κ2) is 7.60. The molecule has 180 valence electrons. The number of rotatable bonds is 3. The average Bonchev–Trinajstić information content (AvgIpc) is 3.00. The van der Waals surface area contributed by atoms with E-state index in [0.717, 1.165) is 25.7 Å². The number of hydrogen-bond donors (Lipinski definition) is 1. The van der Waals surface area contributed by atoms with Gasteiger partial charge in [0.1, 0.15) is 0 Å². The molecule has 3 aliphatic carbocycles. The van der Waals surface area contributed by atoms with E-state index in [1.54, 1.807) is 0 Å². The molecule has 0 aromatic heterocycles. The van der Waals surface area contributed by atoms with Gasteiger partial charge >= 0.3 is 0 Å². The van der Waals surface area contributed by atoms with Crippen LogP contribution in [0.3, 0.4) is 0 Å². The highest BCUT2D eigenvalue weighted by atomic mass is 16.2. The van der Waals surface area contributed by atoms with Gasteiger partial charge in [0.05, 0.1) is 0 Å². The van der Waals surface area contributed by atoms with Gasteiger partial charge in [-0.3, -0.25) is 9.59 Å². The van der Waals surface area contributed by atoms with Crippen LogP contribution in [0.4, 0.5) is 0 Å². The molecule has 0 aromatic carbocycles. The molecular weight excluding hydrogens is 396 g/mol. The predicted octanol–water partition coefficient (Wildman–Crippen LogP) is 5.57. The molecular formula is C28H46N2O2. The van der Waals surface area contributed by atoms with Gasteiger partial charge in [-0.05, 0) is 93.5 Å². The number of nitrogens with zero attached hydrogens (tertiary/aromatic N) is 1. The molecule has 1 N–H and O–H groups in total. The minimum absolute atomic E-state index is 0.0714. The molecule has 0 radical (unpaired) electrons. The minimum Gasteiger partial charge on any atom is -0.351 e. The topological polar surface area (TPSA) is 49.4 Å². The van der Waals surface area contributed by atoms with E-state index >= 15 is 0 Å². The molecule has 4 nitrogen and oxygen atoms in total. The van der Waals surface area contributed by atoms with E-state index in [4.69, 9.17) is 0 Å². The molecule has 3 fully saturated rings. The summed E-state index contributed by atoms with van der Waals surface area (Å²) in [6.07, 6.45) is 11.8. The first-order valence-electron chi connectivity index (χ1n) is 13.0. The van der Waals surface area contributed by atoms with Crippen LogP contribution in [0.5, 0.6) is 0 Å². The van der Waals surface area contributed by atoms with Crippen molar-refractivity contribution in [3.8, 4) is 0 Å². The van der Waals surface area contributed by atoms with Gasteiger partial charge in [0.15, 0.2) is 0 Å². The van der Waals surface area contributed by atoms with Crippen molar-refractivity contribution in [1.82, 2.24) is 10.2 Å². The van der Waals surface area contributed by atoms with Crippen molar-refractivity contribution in [2.24, 2.45) is 39.9 Å². The number of hydrogen-bond acceptors (Lipinski definition) is 2. The first-order chi connectivity index (χ1) is 14.7. The first kappa shape index (κ1) is 23.8. The lowest BCUT2D eigenvalue weighted by Gasteiger charge is -2.60. The Kier molecular flexibility index (Phi) is 5.66. The Bertz CT molecular complexity index is 809. The summed E-state index contributed by atoms with van der Waals surface area (Å²) in [6, 6.07) is 0.323. The third-order valence-corrected chi connectivity index (χ3v) is 9.88. The van der Waals surface area contributed by atoms with Crippen LogP contribution in [0.25, 0.3) is 0 Å². The summed E-state index contributed by atoms with van der Waals surface area (Å²) in [6.45, 7) is 15.9. The van der Waals surface area contributed by atoms with Crippen molar-refractivity contribution >= 4 is 11.8 Å². The molecule has 0 aromatic rings. The standard InChI is InChI=1S/C28H46N2O2/c1-25(2,3)17-26(4,5)29-24(32)21-11-10-19-18-9-12-22-28(7,16-14-23(31)30(22)8)20(18)13-15-27(19,21)6/h14,16,18-22H,9-13,15,17H2,1-8H3,(H,29,32)/t18-,19-,20+,21?,22?,27-,28+/m0/s1. The van der Waals surface area contributed by atoms with E-state index in [0.29, 0.717) is 23.8 Å². The smallest absolute Gasteiger partial charge is 0.246 e. The second-order valence-corrected chi connectivity index (χ2v) is 13.9. The van der Waals surface area contributed by atoms with Gasteiger partial charge in [-0.15, -0.1) is 0 Å². The Morgan fingerprint density at radius 1 is 1.06 bits per heavy atom. The summed E-state index contributed by atoms with van der Waals surface area (Å²) in [5, 5.41) is 3.45. The minimum atomic E-state index is -0.184. The highest BCUT2D eigenvalue weighted by molar-refractivity contribution is 5.89. The van der Waals surface area contributed by atoms with Crippen molar-refractivity contribution in [2.45, 2.75) is 105 Å². The fraction of sp³-hybridized carbons (Fsp3) is 0.857. The maximum absolute atomic E-state index is 13.6. The third kappa shape index (κ3) is 3.84. The fourth-order valence-corrected chi connectivity index (χ4v) is 8.96. The van der Waals surface area contributed by atoms with Gasteiger partial charge in [-0.2, -0.15) is 0 Å². The Morgan fingerprint density at radius 2 is 1.75 bits per heavy atom. The molecule has 2 unspecified atom stereocenters. The van der Waals surface area contributed by atoms with E-state index in [9.17, 15) is 9.59 Å². The van der Waals surface area contributed by atoms with Crippen molar-refractivity contribution in [3.63, 3.8) is 0 Å². The molecule has 0 spiro atoms. The maximum Gasteiger partial charge on any atom is 0.246 e. The van der Waals surface area contributed by atoms with Gasteiger partial charge in [-0.25, -0.2) is 0 Å². The highest BCUT2D eigenvalue weighted by Crippen LogP contribution is 2.65. The van der Waals surface area contributed by atoms with Crippen LogP contribution in [0.1, 0.15) is 93.4 Å². The van der Waals surface area contributed by atoms with Crippen LogP contribution in [-0.4, -0.2) is 35.3 Å². The number of carbonyl (C=O) groups excluding carboxylic acids is 2. The van der Waals surface area contributed by atoms with Crippen LogP contribution < -0.4 is 5.32 Å². The number of carbonyl (C=O) groups is 2. The van der Waals surface area contributed by atoms with Crippen LogP contribution in [0.15, 0.2) is 12.2 Å². The second-order valence-electron chi connectivity index (χ2n) is 13.9. The average molecular weight is 443 g/mol. The molecule has 4 rings (SSSR count). The van der Waals surface area contributed by atoms with Gasteiger partial charge in [-0.1, -0.05) is 40.7 Å². The van der Waals surface area contributed by atoms with E-state index in [-0.39, 0.29) is 39.5 Å². The molecule has 4 aliphatic rings. The van der Waals surface area contributed by atoms with Crippen molar-refractivity contribution in [1.29, 1.82) is 0 Å². The van der Waals surface area contributed by atoms with E-state index in [2.05, 4.69) is 59.9 Å². The summed E-state index contributed by atoms with van der Waals surface area (Å²) < 4.78 is 0. The molecule has 32 heavy (non-hydrogen) atoms. The Morgan fingerprint density at radius 3 is 2.41 bits per heavy atom. The lowest BCUT2D eigenvalue weighted by Crippen LogP contribution is -2.60.